The molecule has 2 heterocycles. The number of rotatable bonds is 9. The van der Waals surface area contributed by atoms with Gasteiger partial charge in [-0.05, 0) is 51.5 Å². The summed E-state index contributed by atoms with van der Waals surface area (Å²) in [7, 11) is 1.64. The van der Waals surface area contributed by atoms with Crippen LogP contribution < -0.4 is 15.8 Å². The van der Waals surface area contributed by atoms with Gasteiger partial charge in [0.05, 0.1) is 18.0 Å². The highest BCUT2D eigenvalue weighted by Crippen LogP contribution is 2.47. The molecule has 2 amide bonds. The SMILES string of the molecule is CCC1(CC)C[C@H](NC(=O)[C@H]2C[C@@H]2[C@@H](CCOC)N2C(=O)CC(C)(C)N=C2N)c2ccccc2O1. The quantitative estimate of drug-likeness (QED) is 0.558. The minimum atomic E-state index is -0.509. The largest absolute Gasteiger partial charge is 0.487 e. The van der Waals surface area contributed by atoms with Crippen molar-refractivity contribution in [2.24, 2.45) is 22.6 Å². The van der Waals surface area contributed by atoms with E-state index in [-0.39, 0.29) is 47.3 Å². The van der Waals surface area contributed by atoms with Crippen molar-refractivity contribution < 1.29 is 19.1 Å². The van der Waals surface area contributed by atoms with Crippen molar-refractivity contribution in [1.82, 2.24) is 10.2 Å². The number of nitrogens with two attached hydrogens (primary N) is 1. The number of para-hydroxylation sites is 1. The topological polar surface area (TPSA) is 106 Å². The van der Waals surface area contributed by atoms with E-state index >= 15 is 0 Å². The van der Waals surface area contributed by atoms with Crippen LogP contribution in [0.3, 0.4) is 0 Å². The summed E-state index contributed by atoms with van der Waals surface area (Å²) in [4.78, 5) is 32.7. The first-order chi connectivity index (χ1) is 16.6. The Hall–Kier alpha value is -2.61. The molecule has 0 saturated heterocycles. The molecule has 3 N–H and O–H groups in total. The molecule has 3 aliphatic rings. The van der Waals surface area contributed by atoms with E-state index in [4.69, 9.17) is 15.2 Å². The molecule has 0 unspecified atom stereocenters. The highest BCUT2D eigenvalue weighted by Gasteiger charge is 2.52. The predicted octanol–water partition coefficient (Wildman–Crippen LogP) is 3.55. The molecule has 0 bridgehead atoms. The standard InChI is InChI=1S/C27H40N4O4/c1-6-27(7-2)15-20(17-10-8-9-11-22(17)35-27)29-24(33)19-14-18(19)21(12-13-34-5)31-23(32)16-26(3,4)30-25(31)28/h8-11,18-21H,6-7,12-16H2,1-5H3,(H2,28,30)(H,29,33)/t18-,19-,20-,21+/m0/s1. The number of hydrogen-bond donors (Lipinski definition) is 2. The normalized spacial score (nSPS) is 27.3. The Kier molecular flexibility index (Phi) is 7.13. The summed E-state index contributed by atoms with van der Waals surface area (Å²) in [5.74, 6) is 0.946. The highest BCUT2D eigenvalue weighted by molar-refractivity contribution is 5.99. The Morgan fingerprint density at radius 3 is 2.69 bits per heavy atom. The highest BCUT2D eigenvalue weighted by atomic mass is 16.5. The maximum atomic E-state index is 13.5. The number of benzene rings is 1. The zero-order valence-corrected chi connectivity index (χ0v) is 21.7. The molecule has 1 aromatic rings. The minimum Gasteiger partial charge on any atom is -0.487 e. The number of carbonyl (C=O) groups excluding carboxylic acids is 2. The smallest absolute Gasteiger partial charge is 0.231 e. The zero-order chi connectivity index (χ0) is 25.4. The third-order valence-electron chi connectivity index (χ3n) is 7.94. The molecule has 1 fully saturated rings. The van der Waals surface area contributed by atoms with Gasteiger partial charge in [-0.2, -0.15) is 0 Å². The fourth-order valence-corrected chi connectivity index (χ4v) is 5.76. The first kappa shape index (κ1) is 25.5. The number of aliphatic imine (C=N–C) groups is 1. The average Bonchev–Trinajstić information content (AvgIpc) is 3.60. The summed E-state index contributed by atoms with van der Waals surface area (Å²) in [6, 6.07) is 7.67. The zero-order valence-electron chi connectivity index (χ0n) is 21.7. The second-order valence-corrected chi connectivity index (χ2v) is 10.9. The molecule has 8 nitrogen and oxygen atoms in total. The molecule has 4 rings (SSSR count). The van der Waals surface area contributed by atoms with Crippen LogP contribution >= 0.6 is 0 Å². The van der Waals surface area contributed by atoms with Crippen LogP contribution in [0.2, 0.25) is 0 Å². The van der Waals surface area contributed by atoms with Gasteiger partial charge in [0.1, 0.15) is 11.4 Å². The maximum Gasteiger partial charge on any atom is 0.231 e. The van der Waals surface area contributed by atoms with Crippen molar-refractivity contribution in [1.29, 1.82) is 0 Å². The van der Waals surface area contributed by atoms with E-state index in [9.17, 15) is 9.59 Å². The summed E-state index contributed by atoms with van der Waals surface area (Å²) >= 11 is 0. The van der Waals surface area contributed by atoms with Crippen molar-refractivity contribution in [2.75, 3.05) is 13.7 Å². The number of nitrogens with zero attached hydrogens (tertiary/aromatic N) is 2. The summed E-state index contributed by atoms with van der Waals surface area (Å²) in [6.45, 7) is 8.57. The van der Waals surface area contributed by atoms with Gasteiger partial charge in [-0.1, -0.05) is 32.0 Å². The molecule has 2 aliphatic heterocycles. The molecule has 1 aromatic carbocycles. The fourth-order valence-electron chi connectivity index (χ4n) is 5.76. The third-order valence-corrected chi connectivity index (χ3v) is 7.94. The molecule has 1 saturated carbocycles. The van der Waals surface area contributed by atoms with Crippen LogP contribution in [0.25, 0.3) is 0 Å². The Balaban J connectivity index is 1.51. The summed E-state index contributed by atoms with van der Waals surface area (Å²) < 4.78 is 11.7. The lowest BCUT2D eigenvalue weighted by Crippen LogP contribution is -2.55. The van der Waals surface area contributed by atoms with Crippen LogP contribution in [-0.4, -0.2) is 53.6 Å². The molecular weight excluding hydrogens is 444 g/mol. The minimum absolute atomic E-state index is 0.0283. The van der Waals surface area contributed by atoms with Crippen molar-refractivity contribution in [2.45, 2.75) is 89.4 Å². The van der Waals surface area contributed by atoms with Crippen LogP contribution in [0.15, 0.2) is 29.3 Å². The van der Waals surface area contributed by atoms with Gasteiger partial charge < -0.3 is 20.5 Å². The van der Waals surface area contributed by atoms with Crippen LogP contribution in [0, 0.1) is 11.8 Å². The lowest BCUT2D eigenvalue weighted by molar-refractivity contribution is -0.132. The molecule has 35 heavy (non-hydrogen) atoms. The Morgan fingerprint density at radius 2 is 2.03 bits per heavy atom. The van der Waals surface area contributed by atoms with Crippen LogP contribution in [0.1, 0.15) is 77.8 Å². The van der Waals surface area contributed by atoms with Gasteiger partial charge in [0.15, 0.2) is 5.96 Å². The van der Waals surface area contributed by atoms with Gasteiger partial charge in [0.2, 0.25) is 11.8 Å². The van der Waals surface area contributed by atoms with Crippen molar-refractivity contribution in [3.05, 3.63) is 29.8 Å². The number of hydrogen-bond acceptors (Lipinski definition) is 6. The van der Waals surface area contributed by atoms with E-state index in [0.717, 1.165) is 37.0 Å². The summed E-state index contributed by atoms with van der Waals surface area (Å²) in [5, 5.41) is 3.32. The number of carbonyl (C=O) groups is 2. The van der Waals surface area contributed by atoms with Gasteiger partial charge >= 0.3 is 0 Å². The van der Waals surface area contributed by atoms with Gasteiger partial charge in [0.25, 0.3) is 0 Å². The molecule has 0 aromatic heterocycles. The first-order valence-corrected chi connectivity index (χ1v) is 12.9. The third kappa shape index (κ3) is 5.17. The van der Waals surface area contributed by atoms with Gasteiger partial charge in [-0.3, -0.25) is 14.5 Å². The van der Waals surface area contributed by atoms with E-state index in [1.165, 1.54) is 0 Å². The Morgan fingerprint density at radius 1 is 1.31 bits per heavy atom. The van der Waals surface area contributed by atoms with E-state index in [1.54, 1.807) is 12.0 Å². The fraction of sp³-hybridized carbons (Fsp3) is 0.667. The monoisotopic (exact) mass is 484 g/mol. The maximum absolute atomic E-state index is 13.5. The molecule has 4 atom stereocenters. The van der Waals surface area contributed by atoms with Crippen molar-refractivity contribution in [3.8, 4) is 5.75 Å². The van der Waals surface area contributed by atoms with Crippen LogP contribution in [0.5, 0.6) is 5.75 Å². The first-order valence-electron chi connectivity index (χ1n) is 12.9. The van der Waals surface area contributed by atoms with E-state index < -0.39 is 5.54 Å². The molecule has 0 spiro atoms. The predicted molar refractivity (Wildman–Crippen MR) is 135 cm³/mol. The number of methoxy groups -OCH3 is 1. The second kappa shape index (κ2) is 9.80. The molecule has 192 valence electrons. The number of guanidine groups is 1. The Bertz CT molecular complexity index is 987. The summed E-state index contributed by atoms with van der Waals surface area (Å²) in [5.41, 5.74) is 6.50. The Labute approximate surface area is 208 Å². The summed E-state index contributed by atoms with van der Waals surface area (Å²) in [6.07, 6.45) is 4.13. The number of nitrogens with one attached hydrogen (secondary N) is 1. The average molecular weight is 485 g/mol. The van der Waals surface area contributed by atoms with Crippen LogP contribution in [-0.2, 0) is 14.3 Å². The van der Waals surface area contributed by atoms with Gasteiger partial charge in [-0.25, -0.2) is 4.99 Å². The van der Waals surface area contributed by atoms with Gasteiger partial charge in [-0.15, -0.1) is 0 Å². The molecule has 8 heteroatoms. The van der Waals surface area contributed by atoms with Crippen LogP contribution in [0.4, 0.5) is 0 Å². The van der Waals surface area contributed by atoms with Crippen molar-refractivity contribution >= 4 is 17.8 Å². The van der Waals surface area contributed by atoms with Gasteiger partial charge in [0, 0.05) is 37.7 Å². The lowest BCUT2D eigenvalue weighted by Gasteiger charge is -2.41. The number of amides is 2. The second-order valence-electron chi connectivity index (χ2n) is 10.9. The lowest BCUT2D eigenvalue weighted by atomic mass is 9.83. The molecular formula is C27H40N4O4. The van der Waals surface area contributed by atoms with E-state index in [0.29, 0.717) is 19.4 Å². The molecule has 1 aliphatic carbocycles. The van der Waals surface area contributed by atoms with E-state index in [2.05, 4.69) is 24.2 Å². The van der Waals surface area contributed by atoms with Crippen molar-refractivity contribution in [3.63, 3.8) is 0 Å². The molecule has 0 radical (unpaired) electrons. The van der Waals surface area contributed by atoms with E-state index in [1.807, 2.05) is 38.1 Å². The number of fused-ring (bicyclic) bond motifs is 1. The number of ether oxygens (including phenoxy) is 2.